The number of hydrogen-bond donors (Lipinski definition) is 0. The summed E-state index contributed by atoms with van der Waals surface area (Å²) in [6.07, 6.45) is 3.46. The lowest BCUT2D eigenvalue weighted by Crippen LogP contribution is -2.40. The summed E-state index contributed by atoms with van der Waals surface area (Å²) in [6, 6.07) is 5.89. The first-order chi connectivity index (χ1) is 11.2. The smallest absolute Gasteiger partial charge is 0.237 e. The zero-order valence-corrected chi connectivity index (χ0v) is 13.7. The summed E-state index contributed by atoms with van der Waals surface area (Å²) in [5.41, 5.74) is 1.10. The first-order valence-electron chi connectivity index (χ1n) is 7.78. The molecular formula is C18H24N2O3. The van der Waals surface area contributed by atoms with Crippen molar-refractivity contribution in [2.75, 3.05) is 33.0 Å². The lowest BCUT2D eigenvalue weighted by atomic mass is 10.2. The molecule has 5 nitrogen and oxygen atoms in total. The van der Waals surface area contributed by atoms with Crippen LogP contribution in [0.3, 0.4) is 0 Å². The molecular weight excluding hydrogens is 292 g/mol. The molecule has 2 rings (SSSR count). The van der Waals surface area contributed by atoms with E-state index in [1.165, 1.54) is 0 Å². The zero-order valence-electron chi connectivity index (χ0n) is 13.7. The van der Waals surface area contributed by atoms with Crippen LogP contribution in [0.4, 0.5) is 0 Å². The summed E-state index contributed by atoms with van der Waals surface area (Å²) in [6.45, 7) is 12.6. The van der Waals surface area contributed by atoms with Crippen molar-refractivity contribution in [3.63, 3.8) is 0 Å². The molecule has 0 unspecified atom stereocenters. The summed E-state index contributed by atoms with van der Waals surface area (Å²) >= 11 is 0. The maximum absolute atomic E-state index is 12.4. The predicted molar refractivity (Wildman–Crippen MR) is 90.5 cm³/mol. The topological polar surface area (TPSA) is 42.0 Å². The van der Waals surface area contributed by atoms with Crippen LogP contribution in [0.25, 0.3) is 0 Å². The fourth-order valence-electron chi connectivity index (χ4n) is 2.46. The van der Waals surface area contributed by atoms with Gasteiger partial charge in [-0.3, -0.25) is 9.69 Å². The van der Waals surface area contributed by atoms with Crippen LogP contribution in [0.1, 0.15) is 12.5 Å². The first kappa shape index (κ1) is 17.1. The van der Waals surface area contributed by atoms with Gasteiger partial charge in [-0.05, 0) is 24.2 Å². The van der Waals surface area contributed by atoms with Crippen LogP contribution in [0, 0.1) is 0 Å². The van der Waals surface area contributed by atoms with Gasteiger partial charge >= 0.3 is 0 Å². The molecule has 0 saturated heterocycles. The van der Waals surface area contributed by atoms with Gasteiger partial charge in [0.15, 0.2) is 11.5 Å². The molecule has 1 aliphatic rings. The van der Waals surface area contributed by atoms with Crippen LogP contribution in [-0.2, 0) is 11.3 Å². The molecule has 0 atom stereocenters. The van der Waals surface area contributed by atoms with E-state index in [9.17, 15) is 4.79 Å². The highest BCUT2D eigenvalue weighted by atomic mass is 16.7. The molecule has 0 aliphatic carbocycles. The fraction of sp³-hybridized carbons (Fsp3) is 0.389. The van der Waals surface area contributed by atoms with E-state index in [1.807, 2.05) is 25.1 Å². The minimum Gasteiger partial charge on any atom is -0.454 e. The van der Waals surface area contributed by atoms with Crippen molar-refractivity contribution in [1.29, 1.82) is 0 Å². The van der Waals surface area contributed by atoms with E-state index in [0.29, 0.717) is 26.2 Å². The van der Waals surface area contributed by atoms with Gasteiger partial charge in [0.25, 0.3) is 0 Å². The van der Waals surface area contributed by atoms with Crippen molar-refractivity contribution >= 4 is 5.91 Å². The van der Waals surface area contributed by atoms with Crippen LogP contribution in [-0.4, -0.2) is 48.7 Å². The van der Waals surface area contributed by atoms with Crippen LogP contribution < -0.4 is 9.47 Å². The van der Waals surface area contributed by atoms with Crippen molar-refractivity contribution < 1.29 is 14.3 Å². The number of carbonyl (C=O) groups excluding carboxylic acids is 1. The predicted octanol–water partition coefficient (Wildman–Crippen LogP) is 2.44. The standard InChI is InChI=1S/C18H24N2O3/c1-4-9-20(10-5-2)18(21)13-19(6-3)12-15-7-8-16-17(11-15)23-14-22-16/h4-5,7-8,11H,1-2,6,9-10,12-14H2,3H3. The molecule has 1 amide bonds. The summed E-state index contributed by atoms with van der Waals surface area (Å²) < 4.78 is 10.7. The maximum atomic E-state index is 12.4. The Morgan fingerprint density at radius 1 is 1.22 bits per heavy atom. The van der Waals surface area contributed by atoms with Crippen LogP contribution in [0.2, 0.25) is 0 Å². The van der Waals surface area contributed by atoms with Crippen molar-refractivity contribution in [3.05, 3.63) is 49.1 Å². The number of hydrogen-bond acceptors (Lipinski definition) is 4. The highest BCUT2D eigenvalue weighted by molar-refractivity contribution is 5.78. The monoisotopic (exact) mass is 316 g/mol. The number of benzene rings is 1. The lowest BCUT2D eigenvalue weighted by molar-refractivity contribution is -0.131. The Kier molecular flexibility index (Phi) is 6.23. The molecule has 0 saturated carbocycles. The Morgan fingerprint density at radius 2 is 1.91 bits per heavy atom. The number of fused-ring (bicyclic) bond motifs is 1. The highest BCUT2D eigenvalue weighted by Gasteiger charge is 2.17. The molecule has 124 valence electrons. The number of nitrogens with zero attached hydrogens (tertiary/aromatic N) is 2. The average Bonchev–Trinajstić information content (AvgIpc) is 3.01. The minimum absolute atomic E-state index is 0.0763. The zero-order chi connectivity index (χ0) is 16.7. The van der Waals surface area contributed by atoms with Gasteiger partial charge in [0, 0.05) is 19.6 Å². The number of ether oxygens (including phenoxy) is 2. The molecule has 0 spiro atoms. The quantitative estimate of drug-likeness (QED) is 0.656. The summed E-state index contributed by atoms with van der Waals surface area (Å²) in [4.78, 5) is 16.2. The second kappa shape index (κ2) is 8.39. The molecule has 1 aliphatic heterocycles. The molecule has 1 heterocycles. The largest absolute Gasteiger partial charge is 0.454 e. The van der Waals surface area contributed by atoms with Gasteiger partial charge in [-0.15, -0.1) is 13.2 Å². The van der Waals surface area contributed by atoms with Crippen molar-refractivity contribution in [2.24, 2.45) is 0 Å². The third-order valence-electron chi connectivity index (χ3n) is 3.70. The van der Waals surface area contributed by atoms with E-state index in [-0.39, 0.29) is 12.7 Å². The Balaban J connectivity index is 1.97. The number of carbonyl (C=O) groups is 1. The molecule has 5 heteroatoms. The van der Waals surface area contributed by atoms with Crippen molar-refractivity contribution in [2.45, 2.75) is 13.5 Å². The summed E-state index contributed by atoms with van der Waals surface area (Å²) in [5, 5.41) is 0. The SMILES string of the molecule is C=CCN(CC=C)C(=O)CN(CC)Cc1ccc2c(c1)OCO2. The Hall–Kier alpha value is -2.27. The summed E-state index contributed by atoms with van der Waals surface area (Å²) in [5.74, 6) is 1.62. The van der Waals surface area contributed by atoms with E-state index in [0.717, 1.165) is 23.6 Å². The van der Waals surface area contributed by atoms with Gasteiger partial charge in [0.1, 0.15) is 0 Å². The molecule has 0 fully saturated rings. The minimum atomic E-state index is 0.0763. The van der Waals surface area contributed by atoms with E-state index in [2.05, 4.69) is 18.1 Å². The van der Waals surface area contributed by atoms with E-state index >= 15 is 0 Å². The molecule has 0 bridgehead atoms. The van der Waals surface area contributed by atoms with Gasteiger partial charge in [-0.25, -0.2) is 0 Å². The molecule has 1 aromatic rings. The highest BCUT2D eigenvalue weighted by Crippen LogP contribution is 2.32. The average molecular weight is 316 g/mol. The Bertz CT molecular complexity index is 561. The number of likely N-dealkylation sites (N-methyl/N-ethyl adjacent to an activating group) is 1. The molecule has 0 aromatic heterocycles. The third kappa shape index (κ3) is 4.60. The lowest BCUT2D eigenvalue weighted by Gasteiger charge is -2.25. The maximum Gasteiger partial charge on any atom is 0.237 e. The summed E-state index contributed by atoms with van der Waals surface area (Å²) in [7, 11) is 0. The van der Waals surface area contributed by atoms with Gasteiger partial charge in [-0.2, -0.15) is 0 Å². The van der Waals surface area contributed by atoms with Crippen LogP contribution in [0.15, 0.2) is 43.5 Å². The number of amides is 1. The molecule has 23 heavy (non-hydrogen) atoms. The third-order valence-corrected chi connectivity index (χ3v) is 3.70. The normalized spacial score (nSPS) is 12.3. The van der Waals surface area contributed by atoms with Crippen molar-refractivity contribution in [3.8, 4) is 11.5 Å². The Labute approximate surface area is 137 Å². The second-order valence-corrected chi connectivity index (χ2v) is 5.37. The molecule has 0 N–H and O–H groups in total. The van der Waals surface area contributed by atoms with Crippen LogP contribution >= 0.6 is 0 Å². The first-order valence-corrected chi connectivity index (χ1v) is 7.78. The van der Waals surface area contributed by atoms with E-state index < -0.39 is 0 Å². The fourth-order valence-corrected chi connectivity index (χ4v) is 2.46. The van der Waals surface area contributed by atoms with E-state index in [4.69, 9.17) is 9.47 Å². The van der Waals surface area contributed by atoms with Gasteiger partial charge < -0.3 is 14.4 Å². The second-order valence-electron chi connectivity index (χ2n) is 5.37. The van der Waals surface area contributed by atoms with Gasteiger partial charge in [0.05, 0.1) is 6.54 Å². The van der Waals surface area contributed by atoms with Gasteiger partial charge in [0.2, 0.25) is 12.7 Å². The van der Waals surface area contributed by atoms with Crippen molar-refractivity contribution in [1.82, 2.24) is 9.80 Å². The Morgan fingerprint density at radius 3 is 2.57 bits per heavy atom. The van der Waals surface area contributed by atoms with E-state index in [1.54, 1.807) is 17.1 Å². The number of rotatable bonds is 9. The molecule has 1 aromatic carbocycles. The molecule has 0 radical (unpaired) electrons. The van der Waals surface area contributed by atoms with Crippen LogP contribution in [0.5, 0.6) is 11.5 Å². The van der Waals surface area contributed by atoms with Gasteiger partial charge in [-0.1, -0.05) is 25.1 Å².